The van der Waals surface area contributed by atoms with E-state index < -0.39 is 0 Å². The summed E-state index contributed by atoms with van der Waals surface area (Å²) in [6.07, 6.45) is 6.37. The Morgan fingerprint density at radius 2 is 2.03 bits per heavy atom. The Morgan fingerprint density at radius 3 is 2.77 bits per heavy atom. The Kier molecular flexibility index (Phi) is 5.41. The lowest BCUT2D eigenvalue weighted by molar-refractivity contribution is -0.0816. The van der Waals surface area contributed by atoms with Crippen molar-refractivity contribution in [1.82, 2.24) is 24.9 Å². The van der Waals surface area contributed by atoms with Gasteiger partial charge in [-0.15, -0.1) is 5.10 Å². The molecule has 1 N–H and O–H groups in total. The van der Waals surface area contributed by atoms with E-state index in [1.807, 2.05) is 31.3 Å². The third kappa shape index (κ3) is 3.93. The molecule has 0 aliphatic carbocycles. The van der Waals surface area contributed by atoms with Gasteiger partial charge < -0.3 is 14.6 Å². The van der Waals surface area contributed by atoms with E-state index in [0.717, 1.165) is 37.1 Å². The van der Waals surface area contributed by atoms with Gasteiger partial charge in [0, 0.05) is 37.9 Å². The van der Waals surface area contributed by atoms with Crippen LogP contribution in [-0.2, 0) is 4.74 Å². The molecule has 5 rings (SSSR count). The summed E-state index contributed by atoms with van der Waals surface area (Å²) in [5.41, 5.74) is 2.35. The van der Waals surface area contributed by atoms with Crippen molar-refractivity contribution in [2.24, 2.45) is 0 Å². The molecule has 4 atom stereocenters. The topological polar surface area (TPSA) is 85.5 Å². The fourth-order valence-corrected chi connectivity index (χ4v) is 5.63. The van der Waals surface area contributed by atoms with Gasteiger partial charge in [-0.05, 0) is 51.4 Å². The highest BCUT2D eigenvalue weighted by molar-refractivity contribution is 7.16. The number of ether oxygens (including phenoxy) is 2. The van der Waals surface area contributed by atoms with E-state index in [-0.39, 0.29) is 18.0 Å². The molecule has 0 amide bonds. The number of hydrogen-bond acceptors (Lipinski definition) is 8. The van der Waals surface area contributed by atoms with Gasteiger partial charge in [-0.1, -0.05) is 16.4 Å². The van der Waals surface area contributed by atoms with Crippen LogP contribution >= 0.6 is 11.3 Å². The third-order valence-corrected chi connectivity index (χ3v) is 7.37. The Morgan fingerprint density at radius 1 is 1.16 bits per heavy atom. The summed E-state index contributed by atoms with van der Waals surface area (Å²) in [5.74, 6) is 0.144. The average molecular weight is 442 g/mol. The lowest BCUT2D eigenvalue weighted by Crippen LogP contribution is -2.58. The molecule has 9 heteroatoms. The molecular weight excluding hydrogens is 414 g/mol. The first-order valence-electron chi connectivity index (χ1n) is 10.6. The van der Waals surface area contributed by atoms with Crippen LogP contribution in [0.4, 0.5) is 0 Å². The lowest BCUT2D eigenvalue weighted by Gasteiger charge is -2.49. The average Bonchev–Trinajstić information content (AvgIpc) is 3.38. The van der Waals surface area contributed by atoms with Crippen molar-refractivity contribution in [3.05, 3.63) is 36.2 Å². The molecule has 2 bridgehead atoms. The Hall–Kier alpha value is -2.49. The van der Waals surface area contributed by atoms with Crippen LogP contribution in [-0.4, -0.2) is 68.4 Å². The number of aromatic hydroxyl groups is 1. The molecule has 2 fully saturated rings. The van der Waals surface area contributed by atoms with Crippen LogP contribution in [0.25, 0.3) is 16.3 Å². The second-order valence-electron chi connectivity index (χ2n) is 8.43. The van der Waals surface area contributed by atoms with E-state index in [4.69, 9.17) is 9.47 Å². The second-order valence-corrected chi connectivity index (χ2v) is 9.37. The number of benzene rings is 1. The zero-order valence-corrected chi connectivity index (χ0v) is 18.7. The number of fused-ring (bicyclic) bond motifs is 2. The largest absolute Gasteiger partial charge is 0.507 e. The Labute approximate surface area is 185 Å². The van der Waals surface area contributed by atoms with Gasteiger partial charge in [0.1, 0.15) is 11.9 Å². The summed E-state index contributed by atoms with van der Waals surface area (Å²) in [6.45, 7) is 1.93. The second kappa shape index (κ2) is 8.22. The van der Waals surface area contributed by atoms with Crippen LogP contribution in [0.15, 0.2) is 30.5 Å². The molecule has 2 saturated heterocycles. The lowest BCUT2D eigenvalue weighted by atomic mass is 9.81. The summed E-state index contributed by atoms with van der Waals surface area (Å²) < 4.78 is 13.7. The van der Waals surface area contributed by atoms with Crippen LogP contribution in [0.3, 0.4) is 0 Å². The standard InChI is InChI=1S/C22H27N5O3S/c1-13-8-9-27(25-13)15-4-6-17(19(28)11-15)21-23-24-22(31-21)30-16-10-14-5-7-20(29-3)18(12-16)26(14)2/h4,6,8-9,11,14,16,18,20,28H,5,7,10,12H2,1-3H3. The number of phenols is 1. The highest BCUT2D eigenvalue weighted by Crippen LogP contribution is 2.38. The first-order chi connectivity index (χ1) is 15.0. The van der Waals surface area contributed by atoms with Crippen molar-refractivity contribution >= 4 is 11.3 Å². The first kappa shape index (κ1) is 20.4. The molecule has 2 aliphatic rings. The van der Waals surface area contributed by atoms with E-state index in [9.17, 15) is 5.11 Å². The normalized spacial score (nSPS) is 26.2. The number of aryl methyl sites for hydroxylation is 1. The SMILES string of the molecule is COC1CCC2CC(Oc3nnc(-c4ccc(-n5ccc(C)n5)cc4O)s3)CC1N2C. The van der Waals surface area contributed by atoms with E-state index >= 15 is 0 Å². The molecule has 1 aromatic carbocycles. The zero-order chi connectivity index (χ0) is 21.5. The molecule has 4 unspecified atom stereocenters. The predicted octanol–water partition coefficient (Wildman–Crippen LogP) is 3.42. The fraction of sp³-hybridized carbons (Fsp3) is 0.500. The van der Waals surface area contributed by atoms with E-state index in [1.54, 1.807) is 17.9 Å². The molecule has 2 aliphatic heterocycles. The van der Waals surface area contributed by atoms with Crippen LogP contribution in [0.1, 0.15) is 31.4 Å². The summed E-state index contributed by atoms with van der Waals surface area (Å²) in [6, 6.07) is 8.25. The molecule has 0 spiro atoms. The van der Waals surface area contributed by atoms with Crippen LogP contribution in [0.2, 0.25) is 0 Å². The van der Waals surface area contributed by atoms with Crippen LogP contribution in [0.5, 0.6) is 10.9 Å². The fourth-order valence-electron chi connectivity index (χ4n) is 4.84. The van der Waals surface area contributed by atoms with Crippen LogP contribution in [0, 0.1) is 6.92 Å². The van der Waals surface area contributed by atoms with Gasteiger partial charge in [0.05, 0.1) is 23.0 Å². The number of phenolic OH excluding ortho intramolecular Hbond substituents is 1. The van der Waals surface area contributed by atoms with E-state index in [2.05, 4.69) is 27.2 Å². The molecule has 3 aromatic rings. The molecular formula is C22H27N5O3S. The minimum atomic E-state index is 0.101. The number of nitrogens with zero attached hydrogens (tertiary/aromatic N) is 5. The first-order valence-corrected chi connectivity index (χ1v) is 11.4. The minimum absolute atomic E-state index is 0.101. The number of likely N-dealkylation sites (N-methyl/N-ethyl adjacent to an activating group) is 1. The highest BCUT2D eigenvalue weighted by atomic mass is 32.1. The molecule has 2 aromatic heterocycles. The molecule has 0 radical (unpaired) electrons. The summed E-state index contributed by atoms with van der Waals surface area (Å²) in [5, 5.41) is 24.6. The maximum Gasteiger partial charge on any atom is 0.294 e. The number of hydrogen-bond donors (Lipinski definition) is 1. The summed E-state index contributed by atoms with van der Waals surface area (Å²) in [4.78, 5) is 2.45. The Balaban J connectivity index is 1.30. The van der Waals surface area contributed by atoms with Gasteiger partial charge in [0.15, 0.2) is 5.01 Å². The molecule has 4 heterocycles. The van der Waals surface area contributed by atoms with Gasteiger partial charge in [0.25, 0.3) is 5.19 Å². The third-order valence-electron chi connectivity index (χ3n) is 6.53. The number of methoxy groups -OCH3 is 1. The van der Waals surface area contributed by atoms with Gasteiger partial charge in [-0.3, -0.25) is 4.90 Å². The van der Waals surface area contributed by atoms with E-state index in [0.29, 0.717) is 27.8 Å². The smallest absolute Gasteiger partial charge is 0.294 e. The van der Waals surface area contributed by atoms with Crippen molar-refractivity contribution in [3.8, 4) is 27.2 Å². The molecule has 164 valence electrons. The maximum atomic E-state index is 10.6. The number of aromatic nitrogens is 4. The van der Waals surface area contributed by atoms with Crippen molar-refractivity contribution in [2.45, 2.75) is 56.9 Å². The van der Waals surface area contributed by atoms with E-state index in [1.165, 1.54) is 11.3 Å². The van der Waals surface area contributed by atoms with Crippen molar-refractivity contribution in [1.29, 1.82) is 0 Å². The predicted molar refractivity (Wildman–Crippen MR) is 118 cm³/mol. The van der Waals surface area contributed by atoms with Gasteiger partial charge in [-0.25, -0.2) is 4.68 Å². The highest BCUT2D eigenvalue weighted by Gasteiger charge is 2.42. The monoisotopic (exact) mass is 441 g/mol. The zero-order valence-electron chi connectivity index (χ0n) is 17.9. The van der Waals surface area contributed by atoms with Gasteiger partial charge in [0.2, 0.25) is 0 Å². The van der Waals surface area contributed by atoms with Crippen molar-refractivity contribution in [3.63, 3.8) is 0 Å². The maximum absolute atomic E-state index is 10.6. The van der Waals surface area contributed by atoms with Gasteiger partial charge >= 0.3 is 0 Å². The molecule has 8 nitrogen and oxygen atoms in total. The van der Waals surface area contributed by atoms with Crippen LogP contribution < -0.4 is 4.74 Å². The number of piperidine rings is 2. The minimum Gasteiger partial charge on any atom is -0.507 e. The van der Waals surface area contributed by atoms with Crippen molar-refractivity contribution in [2.75, 3.05) is 14.2 Å². The van der Waals surface area contributed by atoms with Gasteiger partial charge in [-0.2, -0.15) is 5.10 Å². The molecule has 31 heavy (non-hydrogen) atoms. The number of rotatable bonds is 5. The summed E-state index contributed by atoms with van der Waals surface area (Å²) >= 11 is 1.36. The quantitative estimate of drug-likeness (QED) is 0.649. The Bertz CT molecular complexity index is 1070. The molecule has 0 saturated carbocycles. The van der Waals surface area contributed by atoms with Crippen molar-refractivity contribution < 1.29 is 14.6 Å². The summed E-state index contributed by atoms with van der Waals surface area (Å²) in [7, 11) is 3.99.